The van der Waals surface area contributed by atoms with Gasteiger partial charge in [0.15, 0.2) is 5.56 Å². The van der Waals surface area contributed by atoms with Gasteiger partial charge in [0, 0.05) is 12.1 Å². The van der Waals surface area contributed by atoms with Crippen LogP contribution in [0.3, 0.4) is 0 Å². The van der Waals surface area contributed by atoms with E-state index in [1.54, 1.807) is 19.1 Å². The Bertz CT molecular complexity index is 888. The van der Waals surface area contributed by atoms with Crippen LogP contribution in [0.25, 0.3) is 0 Å². The molecule has 10 heteroatoms. The molecule has 0 atom stereocenters. The summed E-state index contributed by atoms with van der Waals surface area (Å²) in [7, 11) is 4.07. The Hall–Kier alpha value is -2.72. The first kappa shape index (κ1) is 24.5. The van der Waals surface area contributed by atoms with E-state index in [0.29, 0.717) is 6.54 Å². The summed E-state index contributed by atoms with van der Waals surface area (Å²) in [5, 5.41) is 14.8. The van der Waals surface area contributed by atoms with Gasteiger partial charge in [-0.2, -0.15) is 4.37 Å². The highest BCUT2D eigenvalue weighted by molar-refractivity contribution is 7.11. The number of urea groups is 1. The lowest BCUT2D eigenvalue weighted by Gasteiger charge is -2.09. The number of nitrogens with one attached hydrogen (secondary N) is 2. The SMILES string of the molecule is Cc1ccc(COc2nsc(NC(=O)NCCCCCCN(C)C)c2C(=O)O)c(F)c1. The summed E-state index contributed by atoms with van der Waals surface area (Å²) in [6, 6.07) is 4.18. The molecule has 0 spiro atoms. The van der Waals surface area contributed by atoms with Gasteiger partial charge in [0.2, 0.25) is 5.88 Å². The van der Waals surface area contributed by atoms with Crippen LogP contribution in [0, 0.1) is 12.7 Å². The Kier molecular flexibility index (Phi) is 9.67. The number of anilines is 1. The number of carboxylic acid groups (broad SMARTS) is 1. The average Bonchev–Trinajstić information content (AvgIpc) is 3.09. The van der Waals surface area contributed by atoms with Gasteiger partial charge in [0.25, 0.3) is 0 Å². The lowest BCUT2D eigenvalue weighted by atomic mass is 10.1. The van der Waals surface area contributed by atoms with Crippen LogP contribution in [0.15, 0.2) is 18.2 Å². The van der Waals surface area contributed by atoms with Crippen LogP contribution >= 0.6 is 11.5 Å². The van der Waals surface area contributed by atoms with Gasteiger partial charge in [0.1, 0.15) is 17.4 Å². The number of aryl methyl sites for hydroxylation is 1. The monoisotopic (exact) mass is 452 g/mol. The molecule has 2 amide bonds. The largest absolute Gasteiger partial charge is 0.477 e. The molecular weight excluding hydrogens is 423 g/mol. The number of carbonyl (C=O) groups is 2. The van der Waals surface area contributed by atoms with Crippen LogP contribution in [0.2, 0.25) is 0 Å². The third kappa shape index (κ3) is 8.14. The second-order valence-corrected chi connectivity index (χ2v) is 8.25. The topological polar surface area (TPSA) is 104 Å². The van der Waals surface area contributed by atoms with E-state index in [9.17, 15) is 19.1 Å². The van der Waals surface area contributed by atoms with Gasteiger partial charge >= 0.3 is 12.0 Å². The van der Waals surface area contributed by atoms with Crippen molar-refractivity contribution in [2.24, 2.45) is 0 Å². The lowest BCUT2D eigenvalue weighted by Crippen LogP contribution is -2.29. The normalized spacial score (nSPS) is 10.9. The summed E-state index contributed by atoms with van der Waals surface area (Å²) in [4.78, 5) is 25.9. The first-order valence-electron chi connectivity index (χ1n) is 10.1. The van der Waals surface area contributed by atoms with Crippen molar-refractivity contribution in [1.29, 1.82) is 0 Å². The van der Waals surface area contributed by atoms with E-state index in [4.69, 9.17) is 4.74 Å². The van der Waals surface area contributed by atoms with Gasteiger partial charge in [-0.15, -0.1) is 0 Å². The Labute approximate surface area is 185 Å². The Morgan fingerprint density at radius 2 is 1.97 bits per heavy atom. The Morgan fingerprint density at radius 1 is 1.23 bits per heavy atom. The summed E-state index contributed by atoms with van der Waals surface area (Å²) in [5.41, 5.74) is 0.802. The van der Waals surface area contributed by atoms with Crippen molar-refractivity contribution < 1.29 is 23.8 Å². The first-order valence-corrected chi connectivity index (χ1v) is 10.9. The number of rotatable bonds is 12. The number of carbonyl (C=O) groups excluding carboxylic acids is 1. The Morgan fingerprint density at radius 3 is 2.65 bits per heavy atom. The van der Waals surface area contributed by atoms with Crippen molar-refractivity contribution in [1.82, 2.24) is 14.6 Å². The van der Waals surface area contributed by atoms with Crippen molar-refractivity contribution in [3.05, 3.63) is 40.7 Å². The molecule has 0 aliphatic heterocycles. The number of unbranched alkanes of at least 4 members (excludes halogenated alkanes) is 3. The number of nitrogens with zero attached hydrogens (tertiary/aromatic N) is 2. The molecule has 2 aromatic rings. The van der Waals surface area contributed by atoms with E-state index in [2.05, 4.69) is 19.9 Å². The number of hydrogen-bond donors (Lipinski definition) is 3. The van der Waals surface area contributed by atoms with Gasteiger partial charge < -0.3 is 20.1 Å². The number of halogens is 1. The zero-order chi connectivity index (χ0) is 22.8. The number of hydrogen-bond acceptors (Lipinski definition) is 6. The van der Waals surface area contributed by atoms with Gasteiger partial charge in [-0.05, 0) is 63.6 Å². The van der Waals surface area contributed by atoms with E-state index in [1.807, 2.05) is 14.1 Å². The molecular formula is C21H29FN4O4S. The van der Waals surface area contributed by atoms with Crippen molar-refractivity contribution >= 4 is 28.5 Å². The molecule has 0 unspecified atom stereocenters. The van der Waals surface area contributed by atoms with Crippen molar-refractivity contribution in [3.8, 4) is 5.88 Å². The van der Waals surface area contributed by atoms with Crippen molar-refractivity contribution in [2.45, 2.75) is 39.2 Å². The number of benzene rings is 1. The fraction of sp³-hybridized carbons (Fsp3) is 0.476. The highest BCUT2D eigenvalue weighted by atomic mass is 32.1. The molecule has 0 aliphatic rings. The fourth-order valence-electron chi connectivity index (χ4n) is 2.82. The third-order valence-electron chi connectivity index (χ3n) is 4.49. The predicted octanol–water partition coefficient (Wildman–Crippen LogP) is 4.11. The minimum Gasteiger partial charge on any atom is -0.477 e. The predicted molar refractivity (Wildman–Crippen MR) is 119 cm³/mol. The highest BCUT2D eigenvalue weighted by Crippen LogP contribution is 2.31. The second-order valence-electron chi connectivity index (χ2n) is 7.48. The van der Waals surface area contributed by atoms with Crippen LogP contribution in [0.1, 0.15) is 47.2 Å². The number of aromatic carboxylic acids is 1. The van der Waals surface area contributed by atoms with Crippen LogP contribution < -0.4 is 15.4 Å². The molecule has 1 aromatic heterocycles. The molecule has 0 bridgehead atoms. The highest BCUT2D eigenvalue weighted by Gasteiger charge is 2.23. The maximum Gasteiger partial charge on any atom is 0.344 e. The van der Waals surface area contributed by atoms with Crippen molar-refractivity contribution in [2.75, 3.05) is 32.5 Å². The van der Waals surface area contributed by atoms with Crippen molar-refractivity contribution in [3.63, 3.8) is 0 Å². The molecule has 8 nitrogen and oxygen atoms in total. The summed E-state index contributed by atoms with van der Waals surface area (Å²) in [6.45, 7) is 3.13. The van der Waals surface area contributed by atoms with Gasteiger partial charge in [-0.25, -0.2) is 14.0 Å². The molecule has 0 fully saturated rings. The molecule has 0 saturated heterocycles. The molecule has 31 heavy (non-hydrogen) atoms. The number of aromatic nitrogens is 1. The molecule has 3 N–H and O–H groups in total. The minimum atomic E-state index is -1.29. The van der Waals surface area contributed by atoms with Crippen LogP contribution in [0.4, 0.5) is 14.2 Å². The molecule has 1 heterocycles. The third-order valence-corrected chi connectivity index (χ3v) is 5.24. The molecule has 2 rings (SSSR count). The number of ether oxygens (including phenoxy) is 1. The smallest absolute Gasteiger partial charge is 0.344 e. The quantitative estimate of drug-likeness (QED) is 0.419. The lowest BCUT2D eigenvalue weighted by molar-refractivity contribution is 0.0693. The Balaban J connectivity index is 1.85. The van der Waals surface area contributed by atoms with Gasteiger partial charge in [-0.3, -0.25) is 5.32 Å². The van der Waals surface area contributed by atoms with E-state index in [1.165, 1.54) is 6.07 Å². The zero-order valence-corrected chi connectivity index (χ0v) is 18.9. The maximum atomic E-state index is 14.0. The summed E-state index contributed by atoms with van der Waals surface area (Å²) in [5.74, 6) is -1.88. The molecule has 1 aromatic carbocycles. The van der Waals surface area contributed by atoms with Crippen LogP contribution in [0.5, 0.6) is 5.88 Å². The number of carboxylic acids is 1. The van der Waals surface area contributed by atoms with Crippen LogP contribution in [-0.4, -0.2) is 53.6 Å². The zero-order valence-electron chi connectivity index (χ0n) is 18.0. The van der Waals surface area contributed by atoms with Crippen LogP contribution in [-0.2, 0) is 6.61 Å². The second kappa shape index (κ2) is 12.2. The summed E-state index contributed by atoms with van der Waals surface area (Å²) in [6.07, 6.45) is 4.04. The van der Waals surface area contributed by atoms with Gasteiger partial charge in [-0.1, -0.05) is 25.0 Å². The van der Waals surface area contributed by atoms with E-state index < -0.39 is 17.8 Å². The fourth-order valence-corrected chi connectivity index (χ4v) is 3.54. The molecule has 0 saturated carbocycles. The molecule has 0 aliphatic carbocycles. The van der Waals surface area contributed by atoms with E-state index in [0.717, 1.165) is 49.3 Å². The number of amides is 2. The minimum absolute atomic E-state index is 0.0651. The molecule has 170 valence electrons. The summed E-state index contributed by atoms with van der Waals surface area (Å²) < 4.78 is 23.3. The van der Waals surface area contributed by atoms with E-state index in [-0.39, 0.29) is 28.6 Å². The van der Waals surface area contributed by atoms with Gasteiger partial charge in [0.05, 0.1) is 0 Å². The summed E-state index contributed by atoms with van der Waals surface area (Å²) >= 11 is 0.801. The maximum absolute atomic E-state index is 14.0. The average molecular weight is 453 g/mol. The standard InChI is InChI=1S/C21H29FN4O4S/c1-14-8-9-15(16(22)12-14)13-30-18-17(20(27)28)19(31-25-18)24-21(29)23-10-6-4-5-7-11-26(2)3/h8-9,12H,4-7,10-11,13H2,1-3H3,(H,27,28)(H2,23,24,29). The molecule has 0 radical (unpaired) electrons. The first-order chi connectivity index (χ1) is 14.8. The van der Waals surface area contributed by atoms with E-state index >= 15 is 0 Å².